The van der Waals surface area contributed by atoms with Gasteiger partial charge in [-0.15, -0.1) is 12.4 Å². The molecule has 4 nitrogen and oxygen atoms in total. The van der Waals surface area contributed by atoms with Crippen molar-refractivity contribution in [1.82, 2.24) is 10.2 Å². The molecular weight excluding hydrogens is 240 g/mol. The Hall–Kier alpha value is -1.00. The van der Waals surface area contributed by atoms with Gasteiger partial charge in [-0.3, -0.25) is 4.79 Å². The van der Waals surface area contributed by atoms with E-state index in [1.54, 1.807) is 11.9 Å². The molecule has 5 heteroatoms. The third-order valence-corrected chi connectivity index (χ3v) is 2.50. The monoisotopic (exact) mass is 260 g/mol. The summed E-state index contributed by atoms with van der Waals surface area (Å²) in [5.41, 5.74) is 0. The maximum absolute atomic E-state index is 11.9. The van der Waals surface area contributed by atoms with E-state index in [0.717, 1.165) is 11.5 Å². The van der Waals surface area contributed by atoms with Gasteiger partial charge in [0.1, 0.15) is 11.5 Å². The maximum Gasteiger partial charge on any atom is 0.226 e. The van der Waals surface area contributed by atoms with E-state index in [1.807, 2.05) is 33.0 Å². The minimum absolute atomic E-state index is 0. The van der Waals surface area contributed by atoms with Crippen LogP contribution in [0.5, 0.6) is 0 Å². The van der Waals surface area contributed by atoms with E-state index >= 15 is 0 Å². The van der Waals surface area contributed by atoms with E-state index in [9.17, 15) is 4.79 Å². The lowest BCUT2D eigenvalue weighted by Gasteiger charge is -2.20. The van der Waals surface area contributed by atoms with Gasteiger partial charge in [-0.2, -0.15) is 0 Å². The van der Waals surface area contributed by atoms with Crippen LogP contribution in [0.25, 0.3) is 0 Å². The van der Waals surface area contributed by atoms with Gasteiger partial charge in [0, 0.05) is 19.5 Å². The largest absolute Gasteiger partial charge is 0.464 e. The Morgan fingerprint density at radius 2 is 2.18 bits per heavy atom. The van der Waals surface area contributed by atoms with E-state index in [0.29, 0.717) is 13.1 Å². The first-order valence-corrected chi connectivity index (χ1v) is 5.49. The van der Waals surface area contributed by atoms with Crippen molar-refractivity contribution in [3.05, 3.63) is 23.7 Å². The third kappa shape index (κ3) is 4.79. The molecule has 0 saturated heterocycles. The van der Waals surface area contributed by atoms with Crippen LogP contribution in [0.1, 0.15) is 18.4 Å². The average molecular weight is 261 g/mol. The normalized spacial score (nSPS) is 11.8. The van der Waals surface area contributed by atoms with E-state index in [1.165, 1.54) is 0 Å². The fourth-order valence-electron chi connectivity index (χ4n) is 1.65. The number of amides is 1. The van der Waals surface area contributed by atoms with Crippen molar-refractivity contribution < 1.29 is 9.21 Å². The van der Waals surface area contributed by atoms with Crippen LogP contribution in [-0.2, 0) is 11.3 Å². The van der Waals surface area contributed by atoms with Crippen molar-refractivity contribution in [3.8, 4) is 0 Å². The summed E-state index contributed by atoms with van der Waals surface area (Å²) in [5, 5.41) is 3.00. The Kier molecular flexibility index (Phi) is 6.92. The van der Waals surface area contributed by atoms with Crippen LogP contribution in [0.4, 0.5) is 0 Å². The van der Waals surface area contributed by atoms with E-state index in [4.69, 9.17) is 4.42 Å². The summed E-state index contributed by atoms with van der Waals surface area (Å²) in [4.78, 5) is 13.6. The summed E-state index contributed by atoms with van der Waals surface area (Å²) in [6, 6.07) is 3.81. The van der Waals surface area contributed by atoms with Crippen molar-refractivity contribution in [2.24, 2.45) is 5.92 Å². The first-order chi connectivity index (χ1) is 7.54. The summed E-state index contributed by atoms with van der Waals surface area (Å²) in [6.45, 7) is 5.04. The van der Waals surface area contributed by atoms with Crippen molar-refractivity contribution in [2.45, 2.75) is 20.4 Å². The first-order valence-electron chi connectivity index (χ1n) is 5.49. The predicted molar refractivity (Wildman–Crippen MR) is 70.3 cm³/mol. The number of carbonyl (C=O) groups is 1. The standard InChI is InChI=1S/C12H20N2O2.ClH/c1-9(7-13-3)12(15)14(4)8-11-6-5-10(2)16-11;/h5-6,9,13H,7-8H2,1-4H3;1H. The minimum Gasteiger partial charge on any atom is -0.464 e. The van der Waals surface area contributed by atoms with Gasteiger partial charge in [-0.05, 0) is 26.1 Å². The number of rotatable bonds is 5. The molecule has 1 N–H and O–H groups in total. The van der Waals surface area contributed by atoms with Gasteiger partial charge in [0.2, 0.25) is 5.91 Å². The molecule has 0 radical (unpaired) electrons. The molecule has 0 fully saturated rings. The van der Waals surface area contributed by atoms with Gasteiger partial charge in [0.05, 0.1) is 6.54 Å². The minimum atomic E-state index is -0.00828. The van der Waals surface area contributed by atoms with Crippen LogP contribution in [-0.4, -0.2) is 31.4 Å². The lowest BCUT2D eigenvalue weighted by Crippen LogP contribution is -2.35. The Labute approximate surface area is 109 Å². The highest BCUT2D eigenvalue weighted by molar-refractivity contribution is 5.85. The lowest BCUT2D eigenvalue weighted by molar-refractivity contribution is -0.134. The molecule has 17 heavy (non-hydrogen) atoms. The number of furan rings is 1. The number of nitrogens with one attached hydrogen (secondary N) is 1. The second-order valence-electron chi connectivity index (χ2n) is 4.17. The smallest absolute Gasteiger partial charge is 0.226 e. The van der Waals surface area contributed by atoms with Crippen molar-refractivity contribution >= 4 is 18.3 Å². The van der Waals surface area contributed by atoms with Gasteiger partial charge in [0.15, 0.2) is 0 Å². The predicted octanol–water partition coefficient (Wildman–Crippen LogP) is 1.82. The van der Waals surface area contributed by atoms with Crippen LogP contribution in [0.15, 0.2) is 16.5 Å². The van der Waals surface area contributed by atoms with Crippen molar-refractivity contribution in [3.63, 3.8) is 0 Å². The van der Waals surface area contributed by atoms with Crippen molar-refractivity contribution in [2.75, 3.05) is 20.6 Å². The van der Waals surface area contributed by atoms with Crippen LogP contribution in [0.3, 0.4) is 0 Å². The van der Waals surface area contributed by atoms with Gasteiger partial charge < -0.3 is 14.6 Å². The zero-order valence-electron chi connectivity index (χ0n) is 10.8. The molecule has 1 aromatic rings. The highest BCUT2D eigenvalue weighted by Gasteiger charge is 2.17. The zero-order chi connectivity index (χ0) is 12.1. The molecule has 0 saturated carbocycles. The molecule has 0 aromatic carbocycles. The quantitative estimate of drug-likeness (QED) is 0.879. The Balaban J connectivity index is 0.00000256. The van der Waals surface area contributed by atoms with Crippen molar-refractivity contribution in [1.29, 1.82) is 0 Å². The third-order valence-electron chi connectivity index (χ3n) is 2.50. The van der Waals surface area contributed by atoms with Crippen LogP contribution >= 0.6 is 12.4 Å². The average Bonchev–Trinajstić information content (AvgIpc) is 2.63. The number of halogens is 1. The number of nitrogens with zero attached hydrogens (tertiary/aromatic N) is 1. The Morgan fingerprint density at radius 1 is 1.53 bits per heavy atom. The molecule has 0 spiro atoms. The molecule has 1 amide bonds. The molecule has 0 aliphatic carbocycles. The molecule has 1 atom stereocenters. The summed E-state index contributed by atoms with van der Waals surface area (Å²) in [7, 11) is 3.64. The fourth-order valence-corrected chi connectivity index (χ4v) is 1.65. The van der Waals surface area contributed by atoms with Crippen LogP contribution < -0.4 is 5.32 Å². The summed E-state index contributed by atoms with van der Waals surface area (Å²) in [6.07, 6.45) is 0. The number of hydrogen-bond donors (Lipinski definition) is 1. The Bertz CT molecular complexity index is 352. The highest BCUT2D eigenvalue weighted by Crippen LogP contribution is 2.10. The summed E-state index contributed by atoms with van der Waals surface area (Å²) < 4.78 is 5.43. The lowest BCUT2D eigenvalue weighted by atomic mass is 10.1. The van der Waals surface area contributed by atoms with Gasteiger partial charge in [-0.1, -0.05) is 6.92 Å². The van der Waals surface area contributed by atoms with Crippen LogP contribution in [0, 0.1) is 12.8 Å². The molecule has 1 heterocycles. The second-order valence-corrected chi connectivity index (χ2v) is 4.17. The van der Waals surface area contributed by atoms with E-state index in [2.05, 4.69) is 5.32 Å². The molecule has 0 bridgehead atoms. The first kappa shape index (κ1) is 16.0. The topological polar surface area (TPSA) is 45.5 Å². The highest BCUT2D eigenvalue weighted by atomic mass is 35.5. The number of hydrogen-bond acceptors (Lipinski definition) is 3. The maximum atomic E-state index is 11.9. The molecule has 0 aliphatic heterocycles. The molecule has 1 rings (SSSR count). The summed E-state index contributed by atoms with van der Waals surface area (Å²) >= 11 is 0. The van der Waals surface area contributed by atoms with Gasteiger partial charge >= 0.3 is 0 Å². The summed E-state index contributed by atoms with van der Waals surface area (Å²) in [5.74, 6) is 1.82. The molecule has 98 valence electrons. The number of carbonyl (C=O) groups excluding carboxylic acids is 1. The molecule has 0 aliphatic rings. The molecule has 1 aromatic heterocycles. The van der Waals surface area contributed by atoms with Gasteiger partial charge in [-0.25, -0.2) is 0 Å². The second kappa shape index (κ2) is 7.35. The van der Waals surface area contributed by atoms with E-state index in [-0.39, 0.29) is 24.2 Å². The van der Waals surface area contributed by atoms with Crippen LogP contribution in [0.2, 0.25) is 0 Å². The SMILES string of the molecule is CNCC(C)C(=O)N(C)Cc1ccc(C)o1.Cl. The van der Waals surface area contributed by atoms with Gasteiger partial charge in [0.25, 0.3) is 0 Å². The van der Waals surface area contributed by atoms with E-state index < -0.39 is 0 Å². The molecule has 1 unspecified atom stereocenters. The fraction of sp³-hybridized carbons (Fsp3) is 0.583. The number of aryl methyl sites for hydroxylation is 1. The molecular formula is C12H21ClN2O2. The zero-order valence-corrected chi connectivity index (χ0v) is 11.6. The Morgan fingerprint density at radius 3 is 2.65 bits per heavy atom.